The monoisotopic (exact) mass is 317 g/mol. The molecule has 0 atom stereocenters. The summed E-state index contributed by atoms with van der Waals surface area (Å²) in [5.41, 5.74) is 2.13. The van der Waals surface area contributed by atoms with Gasteiger partial charge in [0.05, 0.1) is 11.4 Å². The summed E-state index contributed by atoms with van der Waals surface area (Å²) < 4.78 is 0.625. The Labute approximate surface area is 131 Å². The van der Waals surface area contributed by atoms with Gasteiger partial charge in [-0.2, -0.15) is 11.3 Å². The van der Waals surface area contributed by atoms with Crippen LogP contribution in [0, 0.1) is 0 Å². The summed E-state index contributed by atoms with van der Waals surface area (Å²) in [7, 11) is 0. The first-order valence-corrected chi connectivity index (χ1v) is 8.22. The Kier molecular flexibility index (Phi) is 4.00. The van der Waals surface area contributed by atoms with Crippen molar-refractivity contribution in [2.24, 2.45) is 0 Å². The van der Waals surface area contributed by atoms with Crippen molar-refractivity contribution in [3.8, 4) is 0 Å². The van der Waals surface area contributed by atoms with Gasteiger partial charge in [-0.3, -0.25) is 9.69 Å². The fourth-order valence-electron chi connectivity index (χ4n) is 1.91. The Morgan fingerprint density at radius 2 is 2.00 bits per heavy atom. The molecule has 1 fully saturated rings. The van der Waals surface area contributed by atoms with Gasteiger partial charge in [0.1, 0.15) is 4.32 Å². The average Bonchev–Trinajstić information content (AvgIpc) is 3.05. The Morgan fingerprint density at radius 1 is 1.20 bits per heavy atom. The van der Waals surface area contributed by atoms with E-state index in [1.54, 1.807) is 16.2 Å². The van der Waals surface area contributed by atoms with Crippen LogP contribution in [0.15, 0.2) is 52.1 Å². The third-order valence-corrected chi connectivity index (χ3v) is 4.98. The fraction of sp³-hybridized carbons (Fsp3) is 0.0667. The van der Waals surface area contributed by atoms with Crippen LogP contribution in [-0.4, -0.2) is 15.1 Å². The number of carbonyl (C=O) groups excluding carboxylic acids is 1. The lowest BCUT2D eigenvalue weighted by molar-refractivity contribution is -0.122. The van der Waals surface area contributed by atoms with Gasteiger partial charge < -0.3 is 0 Å². The molecule has 0 radical (unpaired) electrons. The molecule has 100 valence electrons. The molecule has 0 aliphatic carbocycles. The number of thiocarbonyl (C=S) groups is 1. The summed E-state index contributed by atoms with van der Waals surface area (Å²) in [4.78, 5) is 14.8. The fourth-order valence-corrected chi connectivity index (χ4v) is 3.78. The number of hydrogen-bond acceptors (Lipinski definition) is 4. The number of thiophene rings is 1. The molecule has 2 aromatic rings. The van der Waals surface area contributed by atoms with Gasteiger partial charge in [-0.05, 0) is 34.0 Å². The Hall–Kier alpha value is -1.43. The van der Waals surface area contributed by atoms with Crippen LogP contribution in [0.4, 0.5) is 0 Å². The van der Waals surface area contributed by atoms with E-state index in [4.69, 9.17) is 12.2 Å². The van der Waals surface area contributed by atoms with E-state index in [0.29, 0.717) is 15.8 Å². The van der Waals surface area contributed by atoms with Gasteiger partial charge >= 0.3 is 0 Å². The van der Waals surface area contributed by atoms with Gasteiger partial charge in [-0.25, -0.2) is 0 Å². The number of amides is 1. The minimum atomic E-state index is -0.00458. The Bertz CT molecular complexity index is 662. The smallest absolute Gasteiger partial charge is 0.266 e. The third-order valence-electron chi connectivity index (χ3n) is 2.90. The lowest BCUT2D eigenvalue weighted by Gasteiger charge is -2.14. The van der Waals surface area contributed by atoms with Crippen molar-refractivity contribution < 1.29 is 4.79 Å². The molecule has 2 nitrogen and oxygen atoms in total. The van der Waals surface area contributed by atoms with E-state index in [0.717, 1.165) is 11.1 Å². The molecule has 0 N–H and O–H groups in total. The molecule has 1 saturated heterocycles. The zero-order chi connectivity index (χ0) is 13.9. The summed E-state index contributed by atoms with van der Waals surface area (Å²) in [6.45, 7) is 0.534. The molecular formula is C15H11NOS3. The van der Waals surface area contributed by atoms with E-state index in [-0.39, 0.29) is 5.91 Å². The van der Waals surface area contributed by atoms with Crippen LogP contribution in [0.3, 0.4) is 0 Å². The SMILES string of the molecule is O=C1/C(=C/c2ccsc2)SC(=S)N1Cc1ccccc1. The zero-order valence-electron chi connectivity index (χ0n) is 10.5. The Balaban J connectivity index is 1.81. The number of rotatable bonds is 3. The maximum absolute atomic E-state index is 12.4. The minimum absolute atomic E-state index is 0.00458. The second-order valence-corrected chi connectivity index (χ2v) is 6.77. The zero-order valence-corrected chi connectivity index (χ0v) is 12.9. The summed E-state index contributed by atoms with van der Waals surface area (Å²) >= 11 is 8.31. The van der Waals surface area contributed by atoms with Gasteiger partial charge in [0.25, 0.3) is 5.91 Å². The molecule has 5 heteroatoms. The van der Waals surface area contributed by atoms with Crippen LogP contribution in [0.1, 0.15) is 11.1 Å². The quantitative estimate of drug-likeness (QED) is 0.626. The van der Waals surface area contributed by atoms with E-state index in [1.807, 2.05) is 53.2 Å². The van der Waals surface area contributed by atoms with Crippen LogP contribution in [0.5, 0.6) is 0 Å². The molecule has 1 aliphatic heterocycles. The highest BCUT2D eigenvalue weighted by molar-refractivity contribution is 8.26. The second-order valence-electron chi connectivity index (χ2n) is 4.31. The number of benzene rings is 1. The molecule has 1 aliphatic rings. The molecule has 2 heterocycles. The van der Waals surface area contributed by atoms with Crippen molar-refractivity contribution in [3.63, 3.8) is 0 Å². The number of nitrogens with zero attached hydrogens (tertiary/aromatic N) is 1. The predicted octanol–water partition coefficient (Wildman–Crippen LogP) is 4.15. The largest absolute Gasteiger partial charge is 0.288 e. The molecular weight excluding hydrogens is 306 g/mol. The van der Waals surface area contributed by atoms with Crippen molar-refractivity contribution >= 4 is 51.6 Å². The van der Waals surface area contributed by atoms with Crippen LogP contribution in [0.25, 0.3) is 6.08 Å². The first kappa shape index (κ1) is 13.5. The highest BCUT2D eigenvalue weighted by Crippen LogP contribution is 2.33. The highest BCUT2D eigenvalue weighted by atomic mass is 32.2. The highest BCUT2D eigenvalue weighted by Gasteiger charge is 2.31. The maximum atomic E-state index is 12.4. The summed E-state index contributed by atoms with van der Waals surface area (Å²) in [5, 5.41) is 4.01. The molecule has 0 unspecified atom stereocenters. The van der Waals surface area contributed by atoms with E-state index in [1.165, 1.54) is 11.8 Å². The normalized spacial score (nSPS) is 17.2. The van der Waals surface area contributed by atoms with Crippen LogP contribution in [0.2, 0.25) is 0 Å². The molecule has 1 aromatic heterocycles. The van der Waals surface area contributed by atoms with E-state index in [9.17, 15) is 4.79 Å². The molecule has 0 spiro atoms. The molecule has 0 bridgehead atoms. The average molecular weight is 317 g/mol. The summed E-state index contributed by atoms with van der Waals surface area (Å²) in [5.74, 6) is -0.00458. The standard InChI is InChI=1S/C15H11NOS3/c17-14-13(8-12-6-7-19-10-12)20-15(18)16(14)9-11-4-2-1-3-5-11/h1-8,10H,9H2/b13-8-. The van der Waals surface area contributed by atoms with Gasteiger partial charge in [0, 0.05) is 0 Å². The van der Waals surface area contributed by atoms with E-state index >= 15 is 0 Å². The van der Waals surface area contributed by atoms with E-state index in [2.05, 4.69) is 0 Å². The van der Waals surface area contributed by atoms with Crippen molar-refractivity contribution in [2.45, 2.75) is 6.54 Å². The number of carbonyl (C=O) groups is 1. The number of thioether (sulfide) groups is 1. The second kappa shape index (κ2) is 5.91. The summed E-state index contributed by atoms with van der Waals surface area (Å²) in [6, 6.07) is 11.9. The topological polar surface area (TPSA) is 20.3 Å². The molecule has 1 aromatic carbocycles. The number of hydrogen-bond donors (Lipinski definition) is 0. The predicted molar refractivity (Wildman–Crippen MR) is 89.5 cm³/mol. The van der Waals surface area contributed by atoms with Gasteiger partial charge in [-0.1, -0.05) is 54.3 Å². The van der Waals surface area contributed by atoms with Crippen molar-refractivity contribution in [2.75, 3.05) is 0 Å². The lowest BCUT2D eigenvalue weighted by atomic mass is 10.2. The molecule has 20 heavy (non-hydrogen) atoms. The molecule has 1 amide bonds. The van der Waals surface area contributed by atoms with Crippen LogP contribution >= 0.6 is 35.3 Å². The van der Waals surface area contributed by atoms with Crippen LogP contribution < -0.4 is 0 Å². The summed E-state index contributed by atoms with van der Waals surface area (Å²) in [6.07, 6.45) is 1.90. The third kappa shape index (κ3) is 2.85. The van der Waals surface area contributed by atoms with Gasteiger partial charge in [0.2, 0.25) is 0 Å². The van der Waals surface area contributed by atoms with Crippen molar-refractivity contribution in [1.29, 1.82) is 0 Å². The van der Waals surface area contributed by atoms with Crippen molar-refractivity contribution in [3.05, 3.63) is 63.2 Å². The first-order chi connectivity index (χ1) is 9.74. The minimum Gasteiger partial charge on any atom is -0.288 e. The van der Waals surface area contributed by atoms with Gasteiger partial charge in [0.15, 0.2) is 0 Å². The molecule has 3 rings (SSSR count). The first-order valence-electron chi connectivity index (χ1n) is 6.05. The van der Waals surface area contributed by atoms with E-state index < -0.39 is 0 Å². The van der Waals surface area contributed by atoms with Gasteiger partial charge in [-0.15, -0.1) is 0 Å². The van der Waals surface area contributed by atoms with Crippen LogP contribution in [-0.2, 0) is 11.3 Å². The lowest BCUT2D eigenvalue weighted by Crippen LogP contribution is -2.27. The Morgan fingerprint density at radius 3 is 2.70 bits per heavy atom. The van der Waals surface area contributed by atoms with Crippen molar-refractivity contribution in [1.82, 2.24) is 4.90 Å². The maximum Gasteiger partial charge on any atom is 0.266 e. The molecule has 0 saturated carbocycles.